The van der Waals surface area contributed by atoms with E-state index in [0.29, 0.717) is 0 Å². The highest BCUT2D eigenvalue weighted by Crippen LogP contribution is 2.74. The van der Waals surface area contributed by atoms with Gasteiger partial charge in [0.1, 0.15) is 0 Å². The van der Waals surface area contributed by atoms with Gasteiger partial charge in [0.25, 0.3) is 0 Å². The second-order valence-electron chi connectivity index (χ2n) is 5.90. The zero-order valence-electron chi connectivity index (χ0n) is 8.21. The minimum absolute atomic E-state index is 0.911. The number of hydrogen-bond acceptors (Lipinski definition) is 0. The number of hydrogen-bond donors (Lipinski definition) is 0. The lowest BCUT2D eigenvalue weighted by Gasteiger charge is -2.46. The van der Waals surface area contributed by atoms with E-state index < -0.39 is 0 Å². The lowest BCUT2D eigenvalue weighted by molar-refractivity contribution is 0.0791. The van der Waals surface area contributed by atoms with E-state index in [2.05, 4.69) is 12.2 Å². The maximum Gasteiger partial charge on any atom is -0.0199 e. The van der Waals surface area contributed by atoms with E-state index in [9.17, 15) is 0 Å². The molecule has 0 aromatic heterocycles. The van der Waals surface area contributed by atoms with Crippen LogP contribution in [0.25, 0.3) is 0 Å². The van der Waals surface area contributed by atoms with Crippen molar-refractivity contribution in [2.75, 3.05) is 0 Å². The van der Waals surface area contributed by atoms with Crippen molar-refractivity contribution in [3.8, 4) is 0 Å². The summed E-state index contributed by atoms with van der Waals surface area (Å²) in [7, 11) is 0. The van der Waals surface area contributed by atoms with Crippen LogP contribution in [0.2, 0.25) is 0 Å². The second kappa shape index (κ2) is 2.04. The fourth-order valence-corrected chi connectivity index (χ4v) is 4.56. The maximum atomic E-state index is 2.56. The van der Waals surface area contributed by atoms with Crippen LogP contribution in [0, 0.1) is 29.1 Å². The van der Waals surface area contributed by atoms with Crippen LogP contribution in [0.1, 0.15) is 38.5 Å². The normalized spacial score (nSPS) is 61.5. The third-order valence-corrected chi connectivity index (χ3v) is 5.55. The van der Waals surface area contributed by atoms with Crippen molar-refractivity contribution in [3.05, 3.63) is 12.2 Å². The maximum absolute atomic E-state index is 2.56. The first kappa shape index (κ1) is 7.09. The molecule has 0 aromatic rings. The molecule has 5 rings (SSSR count). The Hall–Kier alpha value is -0.260. The fourth-order valence-electron chi connectivity index (χ4n) is 4.56. The summed E-state index contributed by atoms with van der Waals surface area (Å²) in [6.07, 6.45) is 14.4. The van der Waals surface area contributed by atoms with Crippen LogP contribution in [0.15, 0.2) is 12.2 Å². The van der Waals surface area contributed by atoms with Gasteiger partial charge in [-0.05, 0) is 67.6 Å². The Morgan fingerprint density at radius 1 is 1.08 bits per heavy atom. The second-order valence-corrected chi connectivity index (χ2v) is 5.90. The Kier molecular flexibility index (Phi) is 1.11. The van der Waals surface area contributed by atoms with Crippen molar-refractivity contribution in [1.29, 1.82) is 0 Å². The van der Waals surface area contributed by atoms with Gasteiger partial charge in [0.2, 0.25) is 0 Å². The smallest absolute Gasteiger partial charge is 0.0199 e. The first-order valence-electron chi connectivity index (χ1n) is 6.07. The summed E-state index contributed by atoms with van der Waals surface area (Å²) in [6, 6.07) is 0. The molecule has 0 aliphatic heterocycles. The molecule has 5 aliphatic rings. The quantitative estimate of drug-likeness (QED) is 0.534. The van der Waals surface area contributed by atoms with E-state index in [1.807, 2.05) is 0 Å². The van der Waals surface area contributed by atoms with Gasteiger partial charge in [-0.2, -0.15) is 0 Å². The highest BCUT2D eigenvalue weighted by Gasteiger charge is 2.66. The van der Waals surface area contributed by atoms with Crippen molar-refractivity contribution >= 4 is 0 Å². The minimum atomic E-state index is 0.911. The van der Waals surface area contributed by atoms with Crippen molar-refractivity contribution in [2.24, 2.45) is 29.1 Å². The molecule has 0 nitrogen and oxygen atoms in total. The predicted molar refractivity (Wildman–Crippen MR) is 53.2 cm³/mol. The molecule has 3 fully saturated rings. The molecule has 0 spiro atoms. The number of fused-ring (bicyclic) bond motifs is 4. The van der Waals surface area contributed by atoms with Gasteiger partial charge in [-0.15, -0.1) is 0 Å². The Labute approximate surface area is 80.4 Å². The third kappa shape index (κ3) is 0.742. The summed E-state index contributed by atoms with van der Waals surface area (Å²) in [4.78, 5) is 0. The van der Waals surface area contributed by atoms with Gasteiger partial charge in [0, 0.05) is 0 Å². The Bertz CT molecular complexity index is 274. The van der Waals surface area contributed by atoms with E-state index in [1.165, 1.54) is 18.8 Å². The molecule has 0 radical (unpaired) electrons. The molecule has 0 amide bonds. The summed E-state index contributed by atoms with van der Waals surface area (Å²) < 4.78 is 0. The molecule has 0 saturated heterocycles. The molecule has 2 bridgehead atoms. The lowest BCUT2D eigenvalue weighted by atomic mass is 9.59. The van der Waals surface area contributed by atoms with Crippen molar-refractivity contribution in [1.82, 2.24) is 0 Å². The minimum Gasteiger partial charge on any atom is -0.0851 e. The topological polar surface area (TPSA) is 0 Å². The van der Waals surface area contributed by atoms with Crippen molar-refractivity contribution in [2.45, 2.75) is 38.5 Å². The van der Waals surface area contributed by atoms with Crippen molar-refractivity contribution in [3.63, 3.8) is 0 Å². The molecular weight excluding hydrogens is 156 g/mol. The molecule has 3 saturated carbocycles. The van der Waals surface area contributed by atoms with Crippen LogP contribution in [0.3, 0.4) is 0 Å². The van der Waals surface area contributed by atoms with E-state index in [-0.39, 0.29) is 0 Å². The van der Waals surface area contributed by atoms with E-state index >= 15 is 0 Å². The van der Waals surface area contributed by atoms with Gasteiger partial charge in [-0.3, -0.25) is 0 Å². The SMILES string of the molecule is C1=CC2CCC1CC2C12CCC1C2. The first-order chi connectivity index (χ1) is 6.38. The van der Waals surface area contributed by atoms with Crippen LogP contribution in [0.5, 0.6) is 0 Å². The highest BCUT2D eigenvalue weighted by atomic mass is 14.7. The van der Waals surface area contributed by atoms with Gasteiger partial charge in [0.05, 0.1) is 0 Å². The summed E-state index contributed by atoms with van der Waals surface area (Å²) in [5.41, 5.74) is 0.911. The predicted octanol–water partition coefficient (Wildman–Crippen LogP) is 3.39. The van der Waals surface area contributed by atoms with Gasteiger partial charge < -0.3 is 0 Å². The zero-order valence-corrected chi connectivity index (χ0v) is 8.21. The zero-order chi connectivity index (χ0) is 8.47. The van der Waals surface area contributed by atoms with E-state index in [0.717, 1.165) is 23.2 Å². The van der Waals surface area contributed by atoms with Crippen LogP contribution >= 0.6 is 0 Å². The Morgan fingerprint density at radius 3 is 2.46 bits per heavy atom. The molecule has 5 atom stereocenters. The molecule has 5 aliphatic carbocycles. The van der Waals surface area contributed by atoms with Gasteiger partial charge >= 0.3 is 0 Å². The molecular formula is C13H18. The van der Waals surface area contributed by atoms with Crippen LogP contribution < -0.4 is 0 Å². The number of rotatable bonds is 1. The summed E-state index contributed by atoms with van der Waals surface area (Å²) >= 11 is 0. The standard InChI is InChI=1S/C13H18/c1-3-10-4-2-9(1)7-12(10)13-6-5-11(13)8-13/h1,3,9-12H,2,4-8H2. The van der Waals surface area contributed by atoms with Crippen LogP contribution in [0.4, 0.5) is 0 Å². The molecule has 0 heteroatoms. The van der Waals surface area contributed by atoms with Gasteiger partial charge in [-0.1, -0.05) is 12.2 Å². The monoisotopic (exact) mass is 174 g/mol. The average Bonchev–Trinajstić information content (AvgIpc) is 2.71. The molecule has 70 valence electrons. The van der Waals surface area contributed by atoms with E-state index in [1.54, 1.807) is 25.7 Å². The molecule has 0 aromatic carbocycles. The summed E-state index contributed by atoms with van der Waals surface area (Å²) in [5, 5.41) is 0. The molecule has 5 unspecified atom stereocenters. The average molecular weight is 174 g/mol. The first-order valence-corrected chi connectivity index (χ1v) is 6.07. The van der Waals surface area contributed by atoms with Gasteiger partial charge in [-0.25, -0.2) is 0 Å². The largest absolute Gasteiger partial charge is 0.0851 e. The summed E-state index contributed by atoms with van der Waals surface area (Å²) in [6.45, 7) is 0. The molecule has 0 N–H and O–H groups in total. The Morgan fingerprint density at radius 2 is 2.08 bits per heavy atom. The van der Waals surface area contributed by atoms with E-state index in [4.69, 9.17) is 0 Å². The van der Waals surface area contributed by atoms with Gasteiger partial charge in [0.15, 0.2) is 0 Å². The fraction of sp³-hybridized carbons (Fsp3) is 0.846. The third-order valence-electron chi connectivity index (χ3n) is 5.55. The molecule has 0 heterocycles. The van der Waals surface area contributed by atoms with Crippen LogP contribution in [-0.4, -0.2) is 0 Å². The highest BCUT2D eigenvalue weighted by molar-refractivity contribution is 5.20. The lowest BCUT2D eigenvalue weighted by Crippen LogP contribution is -2.37. The molecule has 13 heavy (non-hydrogen) atoms. The van der Waals surface area contributed by atoms with Crippen molar-refractivity contribution < 1.29 is 0 Å². The summed E-state index contributed by atoms with van der Waals surface area (Å²) in [5.74, 6) is 4.28. The van der Waals surface area contributed by atoms with Crippen LogP contribution in [-0.2, 0) is 0 Å². The number of allylic oxidation sites excluding steroid dienone is 2. The Balaban J connectivity index is 1.65.